The first-order chi connectivity index (χ1) is 8.04. The molecule has 0 fully saturated rings. The largest absolute Gasteiger partial charge is 0.394 e. The summed E-state index contributed by atoms with van der Waals surface area (Å²) in [6.07, 6.45) is 0.316. The highest BCUT2D eigenvalue weighted by Crippen LogP contribution is 2.14. The second-order valence-electron chi connectivity index (χ2n) is 3.57. The lowest BCUT2D eigenvalue weighted by molar-refractivity contribution is -0.123. The fourth-order valence-corrected chi connectivity index (χ4v) is 1.46. The monoisotopic (exact) mass is 260 g/mol. The van der Waals surface area contributed by atoms with Gasteiger partial charge in [0.05, 0.1) is 6.61 Å². The Morgan fingerprint density at radius 2 is 2.29 bits per heavy atom. The van der Waals surface area contributed by atoms with E-state index in [0.29, 0.717) is 17.0 Å². The lowest BCUT2D eigenvalue weighted by Crippen LogP contribution is -2.43. The van der Waals surface area contributed by atoms with Crippen LogP contribution < -0.4 is 11.1 Å². The zero-order valence-corrected chi connectivity index (χ0v) is 9.88. The van der Waals surface area contributed by atoms with Crippen molar-refractivity contribution in [1.29, 1.82) is 0 Å². The molecule has 1 aromatic carbocycles. The molecule has 1 aromatic rings. The van der Waals surface area contributed by atoms with E-state index in [0.717, 1.165) is 0 Å². The first-order valence-corrected chi connectivity index (χ1v) is 5.50. The molecule has 0 saturated carbocycles. The Balaban J connectivity index is 2.46. The summed E-state index contributed by atoms with van der Waals surface area (Å²) in [5.74, 6) is -0.829. The number of benzene rings is 1. The summed E-state index contributed by atoms with van der Waals surface area (Å²) in [6, 6.07) is 3.30. The molecule has 0 aliphatic rings. The van der Waals surface area contributed by atoms with Gasteiger partial charge in [0.2, 0.25) is 5.91 Å². The van der Waals surface area contributed by atoms with Crippen LogP contribution in [0.2, 0.25) is 5.02 Å². The summed E-state index contributed by atoms with van der Waals surface area (Å²) in [4.78, 5) is 11.2. The number of aliphatic hydroxyl groups is 1. The van der Waals surface area contributed by atoms with Gasteiger partial charge in [-0.1, -0.05) is 11.6 Å². The van der Waals surface area contributed by atoms with Crippen molar-refractivity contribution in [2.45, 2.75) is 12.5 Å². The average Bonchev–Trinajstić information content (AvgIpc) is 2.32. The van der Waals surface area contributed by atoms with E-state index in [-0.39, 0.29) is 12.4 Å². The Bertz CT molecular complexity index is 401. The van der Waals surface area contributed by atoms with Crippen LogP contribution in [0.4, 0.5) is 4.39 Å². The van der Waals surface area contributed by atoms with Crippen LogP contribution in [-0.4, -0.2) is 30.2 Å². The highest BCUT2D eigenvalue weighted by Gasteiger charge is 2.11. The Morgan fingerprint density at radius 1 is 1.59 bits per heavy atom. The summed E-state index contributed by atoms with van der Waals surface area (Å²) in [6.45, 7) is -0.179. The number of hydrogen-bond acceptors (Lipinski definition) is 3. The molecule has 0 spiro atoms. The quantitative estimate of drug-likeness (QED) is 0.720. The number of nitrogens with one attached hydrogen (secondary N) is 1. The zero-order chi connectivity index (χ0) is 12.8. The summed E-state index contributed by atoms with van der Waals surface area (Å²) < 4.78 is 13.3. The van der Waals surface area contributed by atoms with Gasteiger partial charge in [0.1, 0.15) is 11.9 Å². The van der Waals surface area contributed by atoms with Crippen molar-refractivity contribution >= 4 is 17.5 Å². The van der Waals surface area contributed by atoms with Crippen LogP contribution in [0.15, 0.2) is 18.2 Å². The summed E-state index contributed by atoms with van der Waals surface area (Å²) >= 11 is 5.72. The van der Waals surface area contributed by atoms with E-state index < -0.39 is 18.6 Å². The lowest BCUT2D eigenvalue weighted by Gasteiger charge is -2.09. The van der Waals surface area contributed by atoms with Crippen LogP contribution in [0.3, 0.4) is 0 Å². The van der Waals surface area contributed by atoms with E-state index in [9.17, 15) is 9.18 Å². The molecule has 1 unspecified atom stereocenters. The topological polar surface area (TPSA) is 75.3 Å². The average molecular weight is 261 g/mol. The lowest BCUT2D eigenvalue weighted by atomic mass is 10.1. The Labute approximate surface area is 104 Å². The minimum atomic E-state index is -0.945. The van der Waals surface area contributed by atoms with Crippen molar-refractivity contribution in [2.75, 3.05) is 13.2 Å². The SMILES string of the molecule is NC(CO)C(=O)NCCc1cc(Cl)ccc1F. The third-order valence-corrected chi connectivity index (χ3v) is 2.47. The maximum Gasteiger partial charge on any atom is 0.239 e. The van der Waals surface area contributed by atoms with Gasteiger partial charge in [-0.3, -0.25) is 4.79 Å². The second-order valence-corrected chi connectivity index (χ2v) is 4.00. The highest BCUT2D eigenvalue weighted by atomic mass is 35.5. The molecule has 94 valence electrons. The Kier molecular flexibility index (Phi) is 5.34. The second kappa shape index (κ2) is 6.54. The molecular formula is C11H14ClFN2O2. The maximum atomic E-state index is 13.3. The van der Waals surface area contributed by atoms with E-state index >= 15 is 0 Å². The number of amides is 1. The predicted molar refractivity (Wildman–Crippen MR) is 63.2 cm³/mol. The number of rotatable bonds is 5. The fraction of sp³-hybridized carbons (Fsp3) is 0.364. The van der Waals surface area contributed by atoms with Gasteiger partial charge in [0, 0.05) is 11.6 Å². The van der Waals surface area contributed by atoms with E-state index in [1.54, 1.807) is 0 Å². The molecule has 1 amide bonds. The number of carbonyl (C=O) groups is 1. The minimum absolute atomic E-state index is 0.240. The number of nitrogens with two attached hydrogens (primary N) is 1. The molecule has 0 bridgehead atoms. The van der Waals surface area contributed by atoms with E-state index in [1.165, 1.54) is 18.2 Å². The van der Waals surface area contributed by atoms with Crippen molar-refractivity contribution in [3.63, 3.8) is 0 Å². The molecule has 6 heteroatoms. The minimum Gasteiger partial charge on any atom is -0.394 e. The fourth-order valence-electron chi connectivity index (χ4n) is 1.27. The molecule has 0 aliphatic carbocycles. The van der Waals surface area contributed by atoms with Crippen molar-refractivity contribution in [3.8, 4) is 0 Å². The van der Waals surface area contributed by atoms with Crippen LogP contribution in [0.1, 0.15) is 5.56 Å². The molecule has 4 nitrogen and oxygen atoms in total. The first kappa shape index (κ1) is 13.9. The molecule has 0 aromatic heterocycles. The maximum absolute atomic E-state index is 13.3. The molecule has 4 N–H and O–H groups in total. The van der Waals surface area contributed by atoms with Crippen molar-refractivity contribution < 1.29 is 14.3 Å². The third kappa shape index (κ3) is 4.30. The number of halogens is 2. The van der Waals surface area contributed by atoms with Gasteiger partial charge < -0.3 is 16.2 Å². The van der Waals surface area contributed by atoms with Crippen molar-refractivity contribution in [1.82, 2.24) is 5.32 Å². The van der Waals surface area contributed by atoms with Crippen LogP contribution in [-0.2, 0) is 11.2 Å². The van der Waals surface area contributed by atoms with Crippen molar-refractivity contribution in [3.05, 3.63) is 34.6 Å². The van der Waals surface area contributed by atoms with Gasteiger partial charge in [0.15, 0.2) is 0 Å². The molecule has 1 atom stereocenters. The van der Waals surface area contributed by atoms with Crippen LogP contribution in [0.25, 0.3) is 0 Å². The van der Waals surface area contributed by atoms with E-state index in [2.05, 4.69) is 5.32 Å². The zero-order valence-electron chi connectivity index (χ0n) is 9.12. The highest BCUT2D eigenvalue weighted by molar-refractivity contribution is 6.30. The summed E-state index contributed by atoms with van der Waals surface area (Å²) in [7, 11) is 0. The number of aliphatic hydroxyl groups excluding tert-OH is 1. The Hall–Kier alpha value is -1.17. The Morgan fingerprint density at radius 3 is 2.94 bits per heavy atom. The summed E-state index contributed by atoms with van der Waals surface area (Å²) in [5.41, 5.74) is 5.72. The normalized spacial score (nSPS) is 12.2. The van der Waals surface area contributed by atoms with Gasteiger partial charge in [-0.2, -0.15) is 0 Å². The van der Waals surface area contributed by atoms with Crippen LogP contribution >= 0.6 is 11.6 Å². The standard InChI is InChI=1S/C11H14ClFN2O2/c12-8-1-2-9(13)7(5-8)3-4-15-11(17)10(14)6-16/h1-2,5,10,16H,3-4,6,14H2,(H,15,17). The predicted octanol–water partition coefficient (Wildman–Crippen LogP) is 0.457. The van der Waals surface area contributed by atoms with E-state index in [1.807, 2.05) is 0 Å². The molecule has 0 radical (unpaired) electrons. The van der Waals surface area contributed by atoms with Gasteiger partial charge in [-0.15, -0.1) is 0 Å². The number of hydrogen-bond donors (Lipinski definition) is 3. The number of carbonyl (C=O) groups excluding carboxylic acids is 1. The van der Waals surface area contributed by atoms with Crippen molar-refractivity contribution in [2.24, 2.45) is 5.73 Å². The summed E-state index contributed by atoms with van der Waals surface area (Å²) in [5, 5.41) is 11.6. The van der Waals surface area contributed by atoms with Crippen LogP contribution in [0, 0.1) is 5.82 Å². The molecule has 1 rings (SSSR count). The molecule has 0 aliphatic heterocycles. The third-order valence-electron chi connectivity index (χ3n) is 2.23. The smallest absolute Gasteiger partial charge is 0.239 e. The first-order valence-electron chi connectivity index (χ1n) is 5.12. The van der Waals surface area contributed by atoms with Gasteiger partial charge in [-0.25, -0.2) is 4.39 Å². The molecular weight excluding hydrogens is 247 g/mol. The molecule has 0 heterocycles. The van der Waals surface area contributed by atoms with Gasteiger partial charge in [-0.05, 0) is 30.2 Å². The van der Waals surface area contributed by atoms with E-state index in [4.69, 9.17) is 22.4 Å². The molecule has 17 heavy (non-hydrogen) atoms. The van der Waals surface area contributed by atoms with Gasteiger partial charge >= 0.3 is 0 Å². The van der Waals surface area contributed by atoms with Gasteiger partial charge in [0.25, 0.3) is 0 Å². The molecule has 0 saturated heterocycles. The van der Waals surface area contributed by atoms with Crippen LogP contribution in [0.5, 0.6) is 0 Å².